The van der Waals surface area contributed by atoms with Gasteiger partial charge in [-0.1, -0.05) is 77.3 Å². The topological polar surface area (TPSA) is 21.3 Å². The molecule has 0 saturated carbocycles. The number of hydrogen-bond donors (Lipinski definition) is 1. The molecule has 0 atom stereocenters. The van der Waals surface area contributed by atoms with Crippen LogP contribution in [0.1, 0.15) is 11.1 Å². The Hall–Kier alpha value is -2.39. The van der Waals surface area contributed by atoms with Crippen LogP contribution in [-0.2, 0) is 13.2 Å². The molecular formula is C24H18Cl3NO. The van der Waals surface area contributed by atoms with E-state index < -0.39 is 0 Å². The molecular weight excluding hydrogens is 425 g/mol. The molecule has 0 aliphatic carbocycles. The first-order valence-corrected chi connectivity index (χ1v) is 10.3. The molecule has 29 heavy (non-hydrogen) atoms. The average molecular weight is 443 g/mol. The largest absolute Gasteiger partial charge is 0.486 e. The van der Waals surface area contributed by atoms with E-state index in [-0.39, 0.29) is 0 Å². The molecule has 4 aromatic carbocycles. The highest BCUT2D eigenvalue weighted by molar-refractivity contribution is 6.37. The third-order valence-electron chi connectivity index (χ3n) is 4.65. The zero-order valence-electron chi connectivity index (χ0n) is 15.5. The Balaban J connectivity index is 1.47. The Labute approximate surface area is 185 Å². The van der Waals surface area contributed by atoms with Gasteiger partial charge in [-0.3, -0.25) is 0 Å². The van der Waals surface area contributed by atoms with Gasteiger partial charge in [-0.05, 0) is 58.3 Å². The van der Waals surface area contributed by atoms with Crippen LogP contribution < -0.4 is 10.1 Å². The Kier molecular flexibility index (Phi) is 6.15. The van der Waals surface area contributed by atoms with E-state index >= 15 is 0 Å². The normalized spacial score (nSPS) is 10.9. The Morgan fingerprint density at radius 3 is 2.21 bits per heavy atom. The number of fused-ring (bicyclic) bond motifs is 1. The van der Waals surface area contributed by atoms with Crippen LogP contribution >= 0.6 is 34.8 Å². The minimum absolute atomic E-state index is 0.392. The maximum atomic E-state index is 6.47. The van der Waals surface area contributed by atoms with Crippen molar-refractivity contribution in [2.24, 2.45) is 0 Å². The minimum atomic E-state index is 0.392. The van der Waals surface area contributed by atoms with Crippen molar-refractivity contribution in [1.29, 1.82) is 0 Å². The van der Waals surface area contributed by atoms with Gasteiger partial charge in [0.25, 0.3) is 0 Å². The second kappa shape index (κ2) is 8.96. The summed E-state index contributed by atoms with van der Waals surface area (Å²) in [6.45, 7) is 0.980. The number of hydrogen-bond acceptors (Lipinski definition) is 2. The predicted molar refractivity (Wildman–Crippen MR) is 124 cm³/mol. The van der Waals surface area contributed by atoms with Crippen molar-refractivity contribution in [3.05, 3.63) is 105 Å². The number of rotatable bonds is 6. The summed E-state index contributed by atoms with van der Waals surface area (Å²) in [6, 6.07) is 25.6. The smallest absolute Gasteiger partial charge is 0.156 e. The molecule has 0 spiro atoms. The van der Waals surface area contributed by atoms with E-state index in [1.165, 1.54) is 5.39 Å². The van der Waals surface area contributed by atoms with Gasteiger partial charge in [-0.25, -0.2) is 0 Å². The Morgan fingerprint density at radius 1 is 0.759 bits per heavy atom. The molecule has 4 rings (SSSR count). The van der Waals surface area contributed by atoms with Crippen molar-refractivity contribution in [1.82, 2.24) is 0 Å². The van der Waals surface area contributed by atoms with Crippen LogP contribution in [0.4, 0.5) is 5.69 Å². The van der Waals surface area contributed by atoms with Crippen LogP contribution in [0.15, 0.2) is 78.9 Å². The van der Waals surface area contributed by atoms with Crippen molar-refractivity contribution in [3.63, 3.8) is 0 Å². The molecule has 0 saturated heterocycles. The third-order valence-corrected chi connectivity index (χ3v) is 5.46. The molecule has 0 amide bonds. The van der Waals surface area contributed by atoms with Gasteiger partial charge in [-0.2, -0.15) is 0 Å². The molecule has 146 valence electrons. The van der Waals surface area contributed by atoms with E-state index in [9.17, 15) is 0 Å². The molecule has 0 heterocycles. The maximum Gasteiger partial charge on any atom is 0.156 e. The van der Waals surface area contributed by atoms with Crippen LogP contribution in [-0.4, -0.2) is 0 Å². The van der Waals surface area contributed by atoms with E-state index in [2.05, 4.69) is 29.6 Å². The van der Waals surface area contributed by atoms with Gasteiger partial charge in [0.2, 0.25) is 0 Å². The number of nitrogens with one attached hydrogen (secondary N) is 1. The third kappa shape index (κ3) is 4.79. The second-order valence-corrected chi connectivity index (χ2v) is 7.93. The highest BCUT2D eigenvalue weighted by Crippen LogP contribution is 2.35. The molecule has 2 nitrogen and oxygen atoms in total. The van der Waals surface area contributed by atoms with Crippen molar-refractivity contribution < 1.29 is 4.74 Å². The minimum Gasteiger partial charge on any atom is -0.486 e. The summed E-state index contributed by atoms with van der Waals surface area (Å²) >= 11 is 18.9. The predicted octanol–water partition coefficient (Wildman–Crippen LogP) is 7.99. The van der Waals surface area contributed by atoms with Crippen molar-refractivity contribution in [3.8, 4) is 5.75 Å². The first-order valence-electron chi connectivity index (χ1n) is 9.17. The summed E-state index contributed by atoms with van der Waals surface area (Å²) in [7, 11) is 0. The molecule has 5 heteroatoms. The van der Waals surface area contributed by atoms with E-state index in [1.54, 1.807) is 0 Å². The number of halogens is 3. The monoisotopic (exact) mass is 441 g/mol. The van der Waals surface area contributed by atoms with Gasteiger partial charge in [0, 0.05) is 17.3 Å². The van der Waals surface area contributed by atoms with Gasteiger partial charge in [0.05, 0.1) is 10.0 Å². The van der Waals surface area contributed by atoms with Crippen LogP contribution in [0.3, 0.4) is 0 Å². The number of ether oxygens (including phenoxy) is 1. The lowest BCUT2D eigenvalue weighted by molar-refractivity contribution is 0.308. The second-order valence-electron chi connectivity index (χ2n) is 6.68. The van der Waals surface area contributed by atoms with Crippen LogP contribution in [0.25, 0.3) is 10.8 Å². The maximum absolute atomic E-state index is 6.47. The van der Waals surface area contributed by atoms with Crippen LogP contribution in [0, 0.1) is 0 Å². The lowest BCUT2D eigenvalue weighted by Gasteiger charge is -2.14. The van der Waals surface area contributed by atoms with Crippen LogP contribution in [0.2, 0.25) is 15.1 Å². The highest BCUT2D eigenvalue weighted by Gasteiger charge is 2.11. The molecule has 0 radical (unpaired) electrons. The van der Waals surface area contributed by atoms with Gasteiger partial charge in [0.15, 0.2) is 5.75 Å². The fraction of sp³-hybridized carbons (Fsp3) is 0.0833. The van der Waals surface area contributed by atoms with E-state index in [1.807, 2.05) is 54.6 Å². The van der Waals surface area contributed by atoms with E-state index in [0.717, 1.165) is 22.2 Å². The first kappa shape index (κ1) is 19.9. The van der Waals surface area contributed by atoms with Gasteiger partial charge in [-0.15, -0.1) is 0 Å². The zero-order valence-corrected chi connectivity index (χ0v) is 17.7. The fourth-order valence-electron chi connectivity index (χ4n) is 3.19. The average Bonchev–Trinajstić information content (AvgIpc) is 2.73. The Morgan fingerprint density at radius 2 is 1.45 bits per heavy atom. The molecule has 0 aromatic heterocycles. The molecule has 0 unspecified atom stereocenters. The Bertz CT molecular complexity index is 1110. The summed E-state index contributed by atoms with van der Waals surface area (Å²) in [5.41, 5.74) is 3.02. The van der Waals surface area contributed by atoms with Crippen LogP contribution in [0.5, 0.6) is 5.75 Å². The molecule has 4 aromatic rings. The van der Waals surface area contributed by atoms with Crippen molar-refractivity contribution in [2.75, 3.05) is 5.32 Å². The number of benzene rings is 4. The molecule has 0 fully saturated rings. The molecule has 0 aliphatic rings. The zero-order chi connectivity index (χ0) is 20.2. The summed E-state index contributed by atoms with van der Waals surface area (Å²) in [4.78, 5) is 0. The van der Waals surface area contributed by atoms with Crippen molar-refractivity contribution >= 4 is 51.3 Å². The molecule has 0 aliphatic heterocycles. The lowest BCUT2D eigenvalue weighted by atomic mass is 10.1. The lowest BCUT2D eigenvalue weighted by Crippen LogP contribution is -2.01. The quantitative estimate of drug-likeness (QED) is 0.327. The molecule has 0 bridgehead atoms. The van der Waals surface area contributed by atoms with E-state index in [4.69, 9.17) is 39.5 Å². The summed E-state index contributed by atoms with van der Waals surface area (Å²) < 4.78 is 5.99. The SMILES string of the molecule is Clc1ccc(NCc2cc(Cl)c(OCc3cccc4ccccc34)c(Cl)c2)cc1. The van der Waals surface area contributed by atoms with E-state index in [0.29, 0.717) is 34.0 Å². The summed E-state index contributed by atoms with van der Waals surface area (Å²) in [5.74, 6) is 0.497. The van der Waals surface area contributed by atoms with Gasteiger partial charge >= 0.3 is 0 Å². The summed E-state index contributed by atoms with van der Waals surface area (Å²) in [5, 5.41) is 7.34. The standard InChI is InChI=1S/C24H18Cl3NO/c25-19-8-10-20(11-9-19)28-14-16-12-22(26)24(23(27)13-16)29-15-18-6-3-5-17-4-1-2-7-21(17)18/h1-13,28H,14-15H2. The van der Waals surface area contributed by atoms with Crippen molar-refractivity contribution in [2.45, 2.75) is 13.2 Å². The first-order chi connectivity index (χ1) is 14.1. The van der Waals surface area contributed by atoms with Gasteiger partial charge in [0.1, 0.15) is 6.61 Å². The molecule has 1 N–H and O–H groups in total. The van der Waals surface area contributed by atoms with Gasteiger partial charge < -0.3 is 10.1 Å². The fourth-order valence-corrected chi connectivity index (χ4v) is 3.96. The highest BCUT2D eigenvalue weighted by atomic mass is 35.5. The number of anilines is 1. The summed E-state index contributed by atoms with van der Waals surface area (Å²) in [6.07, 6.45) is 0.